The van der Waals surface area contributed by atoms with Crippen molar-refractivity contribution < 1.29 is 14.3 Å². The highest BCUT2D eigenvalue weighted by atomic mass is 16.5. The van der Waals surface area contributed by atoms with E-state index < -0.39 is 5.97 Å². The molecule has 4 nitrogen and oxygen atoms in total. The molecule has 1 heterocycles. The maximum atomic E-state index is 12.9. The van der Waals surface area contributed by atoms with Crippen molar-refractivity contribution in [1.29, 1.82) is 0 Å². The SMILES string of the molecule is CC(=O)c1ccc(OC(=O)c2c3ccccc3nc3ccccc23)cc1. The maximum absolute atomic E-state index is 12.9. The molecule has 26 heavy (non-hydrogen) atoms. The highest BCUT2D eigenvalue weighted by Gasteiger charge is 2.18. The Morgan fingerprint density at radius 3 is 1.85 bits per heavy atom. The van der Waals surface area contributed by atoms with Gasteiger partial charge in [-0.15, -0.1) is 0 Å². The predicted molar refractivity (Wildman–Crippen MR) is 101 cm³/mol. The summed E-state index contributed by atoms with van der Waals surface area (Å²) >= 11 is 0. The summed E-state index contributed by atoms with van der Waals surface area (Å²) in [6.07, 6.45) is 0. The number of carbonyl (C=O) groups excluding carboxylic acids is 2. The number of ketones is 1. The zero-order valence-corrected chi connectivity index (χ0v) is 14.1. The Morgan fingerprint density at radius 2 is 1.31 bits per heavy atom. The summed E-state index contributed by atoms with van der Waals surface area (Å²) < 4.78 is 5.57. The number of pyridine rings is 1. The molecule has 0 saturated carbocycles. The number of hydrogen-bond donors (Lipinski definition) is 0. The molecule has 0 saturated heterocycles. The normalized spacial score (nSPS) is 10.8. The first-order valence-corrected chi connectivity index (χ1v) is 8.24. The minimum absolute atomic E-state index is 0.0333. The second-order valence-corrected chi connectivity index (χ2v) is 5.99. The second kappa shape index (κ2) is 6.41. The lowest BCUT2D eigenvalue weighted by atomic mass is 10.0. The lowest BCUT2D eigenvalue weighted by Gasteiger charge is -2.10. The first-order valence-electron chi connectivity index (χ1n) is 8.24. The van der Waals surface area contributed by atoms with Gasteiger partial charge in [-0.3, -0.25) is 4.79 Å². The number of aromatic nitrogens is 1. The number of para-hydroxylation sites is 2. The van der Waals surface area contributed by atoms with Gasteiger partial charge in [0.2, 0.25) is 0 Å². The van der Waals surface area contributed by atoms with Crippen LogP contribution < -0.4 is 4.74 Å². The minimum atomic E-state index is -0.449. The Bertz CT molecular complexity index is 1090. The fourth-order valence-corrected chi connectivity index (χ4v) is 2.98. The molecule has 4 aromatic rings. The van der Waals surface area contributed by atoms with E-state index in [0.29, 0.717) is 16.9 Å². The molecule has 0 bridgehead atoms. The van der Waals surface area contributed by atoms with Gasteiger partial charge < -0.3 is 4.74 Å². The molecule has 0 atom stereocenters. The first kappa shape index (κ1) is 16.0. The van der Waals surface area contributed by atoms with Crippen LogP contribution in [-0.2, 0) is 0 Å². The fraction of sp³-hybridized carbons (Fsp3) is 0.0455. The topological polar surface area (TPSA) is 56.3 Å². The summed E-state index contributed by atoms with van der Waals surface area (Å²) in [6, 6.07) is 21.5. The summed E-state index contributed by atoms with van der Waals surface area (Å²) in [5.41, 5.74) is 2.54. The van der Waals surface area contributed by atoms with Gasteiger partial charge >= 0.3 is 5.97 Å². The molecule has 0 aliphatic carbocycles. The highest BCUT2D eigenvalue weighted by Crippen LogP contribution is 2.27. The van der Waals surface area contributed by atoms with Crippen LogP contribution in [0, 0.1) is 0 Å². The van der Waals surface area contributed by atoms with Gasteiger partial charge in [0.25, 0.3) is 0 Å². The van der Waals surface area contributed by atoms with Crippen LogP contribution in [0.5, 0.6) is 5.75 Å². The monoisotopic (exact) mass is 341 g/mol. The van der Waals surface area contributed by atoms with Crippen molar-refractivity contribution in [2.75, 3.05) is 0 Å². The average Bonchev–Trinajstić information content (AvgIpc) is 2.66. The molecule has 126 valence electrons. The number of fused-ring (bicyclic) bond motifs is 2. The summed E-state index contributed by atoms with van der Waals surface area (Å²) in [5, 5.41) is 1.49. The summed E-state index contributed by atoms with van der Waals surface area (Å²) in [5.74, 6) is -0.0886. The van der Waals surface area contributed by atoms with E-state index in [1.807, 2.05) is 48.5 Å². The standard InChI is InChI=1S/C22H15NO3/c1-14(24)15-10-12-16(13-11-15)26-22(25)21-17-6-2-4-8-19(17)23-20-9-5-3-7-18(20)21/h2-13H,1H3. The van der Waals surface area contributed by atoms with Crippen molar-refractivity contribution in [3.63, 3.8) is 0 Å². The third kappa shape index (κ3) is 2.82. The van der Waals surface area contributed by atoms with Crippen LogP contribution >= 0.6 is 0 Å². The number of nitrogens with zero attached hydrogens (tertiary/aromatic N) is 1. The van der Waals surface area contributed by atoms with Gasteiger partial charge in [-0.25, -0.2) is 9.78 Å². The third-order valence-electron chi connectivity index (χ3n) is 4.26. The number of rotatable bonds is 3. The quantitative estimate of drug-likeness (QED) is 0.232. The Balaban J connectivity index is 1.81. The van der Waals surface area contributed by atoms with E-state index in [1.165, 1.54) is 6.92 Å². The van der Waals surface area contributed by atoms with Crippen molar-refractivity contribution in [2.45, 2.75) is 6.92 Å². The van der Waals surface area contributed by atoms with Gasteiger partial charge in [-0.1, -0.05) is 36.4 Å². The van der Waals surface area contributed by atoms with Crippen LogP contribution in [0.4, 0.5) is 0 Å². The number of benzene rings is 3. The molecule has 4 rings (SSSR count). The van der Waals surface area contributed by atoms with Crippen LogP contribution in [0.25, 0.3) is 21.8 Å². The zero-order chi connectivity index (χ0) is 18.1. The van der Waals surface area contributed by atoms with Gasteiger partial charge in [0, 0.05) is 16.3 Å². The van der Waals surface area contributed by atoms with Gasteiger partial charge in [-0.05, 0) is 43.3 Å². The molecule has 0 aliphatic rings. The van der Waals surface area contributed by atoms with Crippen LogP contribution in [0.1, 0.15) is 27.6 Å². The van der Waals surface area contributed by atoms with Crippen LogP contribution in [0.3, 0.4) is 0 Å². The Hall–Kier alpha value is -3.53. The Labute approximate surface area is 150 Å². The van der Waals surface area contributed by atoms with Gasteiger partial charge in [0.15, 0.2) is 5.78 Å². The Kier molecular flexibility index (Phi) is 3.93. The van der Waals surface area contributed by atoms with Gasteiger partial charge in [0.1, 0.15) is 5.75 Å². The molecule has 0 spiro atoms. The van der Waals surface area contributed by atoms with Crippen molar-refractivity contribution in [3.8, 4) is 5.75 Å². The van der Waals surface area contributed by atoms with Crippen molar-refractivity contribution >= 4 is 33.6 Å². The second-order valence-electron chi connectivity index (χ2n) is 5.99. The molecule has 0 aliphatic heterocycles. The first-order chi connectivity index (χ1) is 12.6. The van der Waals surface area contributed by atoms with Crippen LogP contribution in [0.15, 0.2) is 72.8 Å². The van der Waals surface area contributed by atoms with E-state index >= 15 is 0 Å². The number of Topliss-reactive ketones (excluding diaryl/α,β-unsaturated/α-hetero) is 1. The van der Waals surface area contributed by atoms with Crippen molar-refractivity contribution in [3.05, 3.63) is 83.9 Å². The lowest BCUT2D eigenvalue weighted by molar-refractivity contribution is 0.0738. The molecule has 3 aromatic carbocycles. The molecule has 0 amide bonds. The third-order valence-corrected chi connectivity index (χ3v) is 4.26. The maximum Gasteiger partial charge on any atom is 0.344 e. The number of esters is 1. The molecule has 0 N–H and O–H groups in total. The molecule has 0 unspecified atom stereocenters. The molecule has 1 aromatic heterocycles. The van der Waals surface area contributed by atoms with E-state index in [-0.39, 0.29) is 5.78 Å². The molecule has 0 fully saturated rings. The summed E-state index contributed by atoms with van der Waals surface area (Å²) in [6.45, 7) is 1.50. The van der Waals surface area contributed by atoms with Crippen molar-refractivity contribution in [1.82, 2.24) is 4.98 Å². The number of carbonyl (C=O) groups is 2. The van der Waals surface area contributed by atoms with E-state index in [0.717, 1.165) is 21.8 Å². The molecular formula is C22H15NO3. The molecular weight excluding hydrogens is 326 g/mol. The predicted octanol–water partition coefficient (Wildman–Crippen LogP) is 4.81. The summed E-state index contributed by atoms with van der Waals surface area (Å²) in [7, 11) is 0. The smallest absolute Gasteiger partial charge is 0.344 e. The van der Waals surface area contributed by atoms with Gasteiger partial charge in [0.05, 0.1) is 16.6 Å². The van der Waals surface area contributed by atoms with Crippen molar-refractivity contribution in [2.24, 2.45) is 0 Å². The fourth-order valence-electron chi connectivity index (χ4n) is 2.98. The van der Waals surface area contributed by atoms with E-state index in [9.17, 15) is 9.59 Å². The van der Waals surface area contributed by atoms with Gasteiger partial charge in [-0.2, -0.15) is 0 Å². The number of ether oxygens (including phenoxy) is 1. The molecule has 0 radical (unpaired) electrons. The average molecular weight is 341 g/mol. The summed E-state index contributed by atoms with van der Waals surface area (Å²) in [4.78, 5) is 28.9. The zero-order valence-electron chi connectivity index (χ0n) is 14.1. The van der Waals surface area contributed by atoms with E-state index in [1.54, 1.807) is 24.3 Å². The number of hydrogen-bond acceptors (Lipinski definition) is 4. The lowest BCUT2D eigenvalue weighted by Crippen LogP contribution is -2.10. The molecule has 4 heteroatoms. The highest BCUT2D eigenvalue weighted by molar-refractivity contribution is 6.14. The van der Waals surface area contributed by atoms with Crippen LogP contribution in [0.2, 0.25) is 0 Å². The Morgan fingerprint density at radius 1 is 0.769 bits per heavy atom. The van der Waals surface area contributed by atoms with E-state index in [2.05, 4.69) is 4.98 Å². The minimum Gasteiger partial charge on any atom is -0.423 e. The van der Waals surface area contributed by atoms with E-state index in [4.69, 9.17) is 4.74 Å². The largest absolute Gasteiger partial charge is 0.423 e. The van der Waals surface area contributed by atoms with Crippen LogP contribution in [-0.4, -0.2) is 16.7 Å².